The molecule has 0 unspecified atom stereocenters. The van der Waals surface area contributed by atoms with Crippen LogP contribution < -0.4 is 5.32 Å². The lowest BCUT2D eigenvalue weighted by Gasteiger charge is -2.14. The van der Waals surface area contributed by atoms with Crippen molar-refractivity contribution in [1.29, 1.82) is 0 Å². The van der Waals surface area contributed by atoms with Gasteiger partial charge >= 0.3 is 6.18 Å². The summed E-state index contributed by atoms with van der Waals surface area (Å²) < 4.78 is 51.7. The van der Waals surface area contributed by atoms with E-state index in [0.29, 0.717) is 0 Å². The van der Waals surface area contributed by atoms with Crippen LogP contribution in [0.2, 0.25) is 0 Å². The lowest BCUT2D eigenvalue weighted by molar-refractivity contribution is -0.136. The second-order valence-corrected chi connectivity index (χ2v) is 4.89. The first kappa shape index (κ1) is 15.5. The van der Waals surface area contributed by atoms with E-state index in [-0.39, 0.29) is 15.7 Å². The number of rotatable bonds is 2. The highest BCUT2D eigenvalue weighted by molar-refractivity contribution is 9.10. The molecular formula is C14H8BrF4NO. The average molecular weight is 362 g/mol. The number of anilines is 1. The summed E-state index contributed by atoms with van der Waals surface area (Å²) in [6, 6.07) is 8.31. The fourth-order valence-corrected chi connectivity index (χ4v) is 2.15. The molecule has 0 aliphatic rings. The van der Waals surface area contributed by atoms with Gasteiger partial charge in [0.05, 0.1) is 21.3 Å². The number of nitrogens with one attached hydrogen (secondary N) is 1. The fourth-order valence-electron chi connectivity index (χ4n) is 1.71. The van der Waals surface area contributed by atoms with E-state index in [9.17, 15) is 22.4 Å². The Balaban J connectivity index is 2.35. The molecule has 110 valence electrons. The monoisotopic (exact) mass is 361 g/mol. The first-order valence-electron chi connectivity index (χ1n) is 5.72. The van der Waals surface area contributed by atoms with Crippen LogP contribution in [0.4, 0.5) is 23.2 Å². The summed E-state index contributed by atoms with van der Waals surface area (Å²) in [6.45, 7) is 0. The van der Waals surface area contributed by atoms with Gasteiger partial charge in [0.15, 0.2) is 0 Å². The van der Waals surface area contributed by atoms with Crippen LogP contribution in [0.15, 0.2) is 46.9 Å². The van der Waals surface area contributed by atoms with Crippen molar-refractivity contribution in [2.24, 2.45) is 0 Å². The van der Waals surface area contributed by atoms with E-state index in [4.69, 9.17) is 0 Å². The molecule has 2 rings (SSSR count). The molecule has 2 aromatic carbocycles. The maximum Gasteiger partial charge on any atom is 0.418 e. The number of halogens is 5. The normalized spacial score (nSPS) is 11.3. The van der Waals surface area contributed by atoms with Crippen LogP contribution >= 0.6 is 15.9 Å². The molecule has 0 aromatic heterocycles. The smallest absolute Gasteiger partial charge is 0.321 e. The molecule has 0 atom stereocenters. The molecule has 1 N–H and O–H groups in total. The van der Waals surface area contributed by atoms with Gasteiger partial charge in [-0.3, -0.25) is 4.79 Å². The van der Waals surface area contributed by atoms with Gasteiger partial charge in [0.2, 0.25) is 0 Å². The number of carbonyl (C=O) groups excluding carboxylic acids is 1. The van der Waals surface area contributed by atoms with Crippen molar-refractivity contribution in [3.63, 3.8) is 0 Å². The predicted octanol–water partition coefficient (Wildman–Crippen LogP) is 4.86. The first-order valence-corrected chi connectivity index (χ1v) is 6.51. The lowest BCUT2D eigenvalue weighted by Crippen LogP contribution is -2.17. The Morgan fingerprint density at radius 2 is 1.71 bits per heavy atom. The highest BCUT2D eigenvalue weighted by atomic mass is 79.9. The van der Waals surface area contributed by atoms with Crippen LogP contribution in [0.5, 0.6) is 0 Å². The number of para-hydroxylation sites is 1. The summed E-state index contributed by atoms with van der Waals surface area (Å²) in [5.74, 6) is -1.51. The van der Waals surface area contributed by atoms with Crippen LogP contribution in [-0.2, 0) is 6.18 Å². The SMILES string of the molecule is O=C(Nc1ccccc1C(F)(F)F)c1cccc(F)c1Br. The highest BCUT2D eigenvalue weighted by Crippen LogP contribution is 2.35. The molecule has 21 heavy (non-hydrogen) atoms. The van der Waals surface area contributed by atoms with Gasteiger partial charge < -0.3 is 5.32 Å². The second-order valence-electron chi connectivity index (χ2n) is 4.10. The maximum absolute atomic E-state index is 13.3. The largest absolute Gasteiger partial charge is 0.418 e. The van der Waals surface area contributed by atoms with Crippen molar-refractivity contribution >= 4 is 27.5 Å². The van der Waals surface area contributed by atoms with Gasteiger partial charge in [-0.2, -0.15) is 13.2 Å². The topological polar surface area (TPSA) is 29.1 Å². The maximum atomic E-state index is 13.3. The minimum atomic E-state index is -4.59. The number of benzene rings is 2. The Labute approximate surface area is 125 Å². The third kappa shape index (κ3) is 3.41. The van der Waals surface area contributed by atoms with E-state index in [1.807, 2.05) is 0 Å². The fraction of sp³-hybridized carbons (Fsp3) is 0.0714. The van der Waals surface area contributed by atoms with E-state index in [0.717, 1.165) is 18.2 Å². The van der Waals surface area contributed by atoms with Crippen LogP contribution in [-0.4, -0.2) is 5.91 Å². The molecule has 0 aliphatic carbocycles. The molecule has 7 heteroatoms. The molecule has 0 fully saturated rings. The lowest BCUT2D eigenvalue weighted by atomic mass is 10.1. The molecule has 0 heterocycles. The van der Waals surface area contributed by atoms with Crippen LogP contribution in [0, 0.1) is 5.82 Å². The van der Waals surface area contributed by atoms with Crippen molar-refractivity contribution in [2.75, 3.05) is 5.32 Å². The van der Waals surface area contributed by atoms with Gasteiger partial charge in [0.25, 0.3) is 5.91 Å². The van der Waals surface area contributed by atoms with E-state index in [1.54, 1.807) is 0 Å². The number of hydrogen-bond acceptors (Lipinski definition) is 1. The third-order valence-electron chi connectivity index (χ3n) is 2.68. The zero-order valence-corrected chi connectivity index (χ0v) is 11.9. The molecule has 0 spiro atoms. The Morgan fingerprint density at radius 3 is 2.38 bits per heavy atom. The van der Waals surface area contributed by atoms with Crippen molar-refractivity contribution in [3.05, 3.63) is 63.9 Å². The molecule has 0 aliphatic heterocycles. The molecule has 0 radical (unpaired) electrons. The quantitative estimate of drug-likeness (QED) is 0.760. The summed E-state index contributed by atoms with van der Waals surface area (Å²) in [4.78, 5) is 12.0. The summed E-state index contributed by atoms with van der Waals surface area (Å²) in [7, 11) is 0. The van der Waals surface area contributed by atoms with Gasteiger partial charge in [-0.1, -0.05) is 18.2 Å². The van der Waals surface area contributed by atoms with E-state index < -0.39 is 23.5 Å². The van der Waals surface area contributed by atoms with Crippen LogP contribution in [0.1, 0.15) is 15.9 Å². The Morgan fingerprint density at radius 1 is 1.05 bits per heavy atom. The molecule has 0 saturated heterocycles. The van der Waals surface area contributed by atoms with Crippen molar-refractivity contribution in [1.82, 2.24) is 0 Å². The van der Waals surface area contributed by atoms with Gasteiger partial charge in [-0.05, 0) is 40.2 Å². The van der Waals surface area contributed by atoms with Gasteiger partial charge in [0, 0.05) is 0 Å². The summed E-state index contributed by atoms with van der Waals surface area (Å²) >= 11 is 2.89. The number of hydrogen-bond donors (Lipinski definition) is 1. The minimum absolute atomic E-state index is 0.0908. The number of carbonyl (C=O) groups is 1. The molecular weight excluding hydrogens is 354 g/mol. The van der Waals surface area contributed by atoms with E-state index >= 15 is 0 Å². The Hall–Kier alpha value is -1.89. The molecule has 2 nitrogen and oxygen atoms in total. The third-order valence-corrected chi connectivity index (χ3v) is 3.48. The zero-order chi connectivity index (χ0) is 15.6. The van der Waals surface area contributed by atoms with Gasteiger partial charge in [-0.15, -0.1) is 0 Å². The Kier molecular flexibility index (Phi) is 4.32. The molecule has 0 saturated carbocycles. The summed E-state index contributed by atoms with van der Waals surface area (Å²) in [6.07, 6.45) is -4.59. The van der Waals surface area contributed by atoms with Gasteiger partial charge in [0.1, 0.15) is 5.82 Å². The average Bonchev–Trinajstić information content (AvgIpc) is 2.41. The highest BCUT2D eigenvalue weighted by Gasteiger charge is 2.33. The molecule has 2 aromatic rings. The second kappa shape index (κ2) is 5.85. The molecule has 0 bridgehead atoms. The summed E-state index contributed by atoms with van der Waals surface area (Å²) in [5.41, 5.74) is -1.44. The van der Waals surface area contributed by atoms with Crippen molar-refractivity contribution < 1.29 is 22.4 Å². The van der Waals surface area contributed by atoms with Gasteiger partial charge in [-0.25, -0.2) is 4.39 Å². The first-order chi connectivity index (χ1) is 9.80. The van der Waals surface area contributed by atoms with Crippen LogP contribution in [0.3, 0.4) is 0 Å². The number of alkyl halides is 3. The predicted molar refractivity (Wildman–Crippen MR) is 73.5 cm³/mol. The zero-order valence-electron chi connectivity index (χ0n) is 10.3. The molecule has 1 amide bonds. The standard InChI is InChI=1S/C14H8BrF4NO/c15-12-8(4-3-6-10(12)16)13(21)20-11-7-2-1-5-9(11)14(17,18)19/h1-7H,(H,20,21). The van der Waals surface area contributed by atoms with Crippen LogP contribution in [0.25, 0.3) is 0 Å². The number of amides is 1. The van der Waals surface area contributed by atoms with Crippen molar-refractivity contribution in [3.8, 4) is 0 Å². The van der Waals surface area contributed by atoms with E-state index in [1.165, 1.54) is 24.3 Å². The van der Waals surface area contributed by atoms with E-state index in [2.05, 4.69) is 21.2 Å². The summed E-state index contributed by atoms with van der Waals surface area (Å²) in [5, 5.41) is 2.15. The minimum Gasteiger partial charge on any atom is -0.321 e. The Bertz CT molecular complexity index is 685. The van der Waals surface area contributed by atoms with Crippen molar-refractivity contribution in [2.45, 2.75) is 6.18 Å².